The molecule has 2 fully saturated rings. The van der Waals surface area contributed by atoms with Gasteiger partial charge in [-0.3, -0.25) is 0 Å². The Bertz CT molecular complexity index is 1710. The highest BCUT2D eigenvalue weighted by Gasteiger charge is 2.30. The Morgan fingerprint density at radius 3 is 2.60 bits per heavy atom. The second-order valence-electron chi connectivity index (χ2n) is 10.8. The van der Waals surface area contributed by atoms with Gasteiger partial charge in [-0.1, -0.05) is 30.7 Å². The summed E-state index contributed by atoms with van der Waals surface area (Å²) in [4.78, 5) is 15.8. The Labute approximate surface area is 249 Å². The highest BCUT2D eigenvalue weighted by Crippen LogP contribution is 2.38. The third-order valence-corrected chi connectivity index (χ3v) is 9.34. The summed E-state index contributed by atoms with van der Waals surface area (Å²) in [5.41, 5.74) is 3.68. The van der Waals surface area contributed by atoms with Crippen molar-refractivity contribution in [2.75, 3.05) is 0 Å². The van der Waals surface area contributed by atoms with Crippen LogP contribution in [0.4, 0.5) is 8.78 Å². The number of nitrogens with two attached hydrogens (primary N) is 1. The number of nitrogens with zero attached hydrogens (tertiary/aromatic N) is 3. The Balaban J connectivity index is 1.49. The first kappa shape index (κ1) is 28.6. The second kappa shape index (κ2) is 12.0. The molecule has 0 saturated heterocycles. The molecule has 4 aromatic rings. The van der Waals surface area contributed by atoms with Gasteiger partial charge in [-0.05, 0) is 73.9 Å². The van der Waals surface area contributed by atoms with Crippen molar-refractivity contribution in [2.24, 2.45) is 17.0 Å². The maximum absolute atomic E-state index is 14.9. The van der Waals surface area contributed by atoms with Crippen LogP contribution in [0.1, 0.15) is 71.4 Å². The predicted molar refractivity (Wildman–Crippen MR) is 157 cm³/mol. The third-order valence-electron chi connectivity index (χ3n) is 7.76. The minimum absolute atomic E-state index is 0.0790. The zero-order valence-electron chi connectivity index (χ0n) is 22.6. The summed E-state index contributed by atoms with van der Waals surface area (Å²) in [6.45, 7) is 0. The fraction of sp³-hybridized carbons (Fsp3) is 0.323. The summed E-state index contributed by atoms with van der Waals surface area (Å²) in [7, 11) is 0. The average Bonchev–Trinajstić information content (AvgIpc) is 3.30. The van der Waals surface area contributed by atoms with E-state index in [4.69, 9.17) is 10.2 Å². The van der Waals surface area contributed by atoms with Crippen LogP contribution >= 0.6 is 11.3 Å². The van der Waals surface area contributed by atoms with Gasteiger partial charge in [0.2, 0.25) is 10.0 Å². The Hall–Kier alpha value is -3.56. The fourth-order valence-corrected chi connectivity index (χ4v) is 6.59. The van der Waals surface area contributed by atoms with E-state index in [0.717, 1.165) is 49.8 Å². The molecule has 0 radical (unpaired) electrons. The zero-order chi connectivity index (χ0) is 29.4. The van der Waals surface area contributed by atoms with E-state index in [9.17, 15) is 23.2 Å². The van der Waals surface area contributed by atoms with Crippen molar-refractivity contribution in [1.29, 1.82) is 0 Å². The minimum atomic E-state index is -1.96. The van der Waals surface area contributed by atoms with Gasteiger partial charge in [-0.2, -0.15) is 5.10 Å². The Morgan fingerprint density at radius 1 is 1.14 bits per heavy atom. The van der Waals surface area contributed by atoms with E-state index in [1.807, 2.05) is 0 Å². The standard InChI is InChI=1S/C31H28F2N4O3S2/c32-24-11-10-22(16-21(24)9-7-18-3-1-2-4-18)29-23(13-20-8-12-28(42(34)40)25(33)14-20)27(15-19-5-6-19)37(36-29)31-35-26(17-41-31)30(38)39/h8,10-12,14,16-19H,1-6,13,15,34H2,(H,38,39). The maximum Gasteiger partial charge on any atom is 0.355 e. The van der Waals surface area contributed by atoms with Gasteiger partial charge in [-0.25, -0.2) is 23.2 Å². The normalized spacial score (nSPS) is 15.9. The van der Waals surface area contributed by atoms with Crippen molar-refractivity contribution in [3.05, 3.63) is 81.5 Å². The molecule has 3 N–H and O–H groups in total. The third kappa shape index (κ3) is 6.13. The van der Waals surface area contributed by atoms with Gasteiger partial charge in [-0.15, -0.1) is 16.5 Å². The van der Waals surface area contributed by atoms with Crippen LogP contribution < -0.4 is 5.14 Å². The molecule has 7 nitrogen and oxygen atoms in total. The molecule has 6 rings (SSSR count). The van der Waals surface area contributed by atoms with Crippen LogP contribution in [0.25, 0.3) is 16.4 Å². The molecular weight excluding hydrogens is 578 g/mol. The van der Waals surface area contributed by atoms with Crippen molar-refractivity contribution in [2.45, 2.75) is 56.3 Å². The van der Waals surface area contributed by atoms with Gasteiger partial charge in [0.1, 0.15) is 5.82 Å². The summed E-state index contributed by atoms with van der Waals surface area (Å²) in [5.74, 6) is 4.76. The molecule has 1 atom stereocenters. The largest absolute Gasteiger partial charge is 0.593 e. The molecule has 1 unspecified atom stereocenters. The van der Waals surface area contributed by atoms with Gasteiger partial charge in [0.25, 0.3) is 0 Å². The van der Waals surface area contributed by atoms with Crippen molar-refractivity contribution in [3.8, 4) is 28.2 Å². The first-order valence-corrected chi connectivity index (χ1v) is 15.9. The monoisotopic (exact) mass is 606 g/mol. The highest BCUT2D eigenvalue weighted by atomic mass is 32.2. The summed E-state index contributed by atoms with van der Waals surface area (Å²) in [5, 5.41) is 21.7. The topological polar surface area (TPSA) is 117 Å². The quantitative estimate of drug-likeness (QED) is 0.187. The molecule has 2 saturated carbocycles. The number of rotatable bonds is 8. The Morgan fingerprint density at radius 2 is 1.93 bits per heavy atom. The molecule has 216 valence electrons. The van der Waals surface area contributed by atoms with Crippen LogP contribution in [-0.2, 0) is 24.2 Å². The van der Waals surface area contributed by atoms with Gasteiger partial charge in [0.05, 0.1) is 28.3 Å². The zero-order valence-corrected chi connectivity index (χ0v) is 24.2. The molecule has 2 aromatic carbocycles. The highest BCUT2D eigenvalue weighted by molar-refractivity contribution is 7.89. The first-order valence-electron chi connectivity index (χ1n) is 13.8. The van der Waals surface area contributed by atoms with E-state index in [2.05, 4.69) is 16.8 Å². The molecule has 11 heteroatoms. The summed E-state index contributed by atoms with van der Waals surface area (Å²) in [6.07, 6.45) is 7.38. The SMILES string of the molecule is N[S+]([O-])c1ccc(Cc2c(-c3ccc(F)c(C#CC4CCCC4)c3)nn(-c3nc(C(=O)O)cs3)c2CC2CC2)cc1F. The molecule has 2 aliphatic carbocycles. The van der Waals surface area contributed by atoms with Crippen LogP contribution in [0.3, 0.4) is 0 Å². The summed E-state index contributed by atoms with van der Waals surface area (Å²) in [6, 6.07) is 9.14. The van der Waals surface area contributed by atoms with E-state index in [1.54, 1.807) is 22.9 Å². The number of hydrogen-bond acceptors (Lipinski definition) is 6. The van der Waals surface area contributed by atoms with E-state index in [-0.39, 0.29) is 28.5 Å². The van der Waals surface area contributed by atoms with Crippen LogP contribution in [0.5, 0.6) is 0 Å². The lowest BCUT2D eigenvalue weighted by Gasteiger charge is -2.10. The van der Waals surface area contributed by atoms with Crippen LogP contribution in [0.2, 0.25) is 0 Å². The maximum atomic E-state index is 14.9. The van der Waals surface area contributed by atoms with E-state index >= 15 is 0 Å². The smallest absolute Gasteiger partial charge is 0.355 e. The molecule has 0 amide bonds. The first-order chi connectivity index (χ1) is 20.3. The van der Waals surface area contributed by atoms with Crippen molar-refractivity contribution < 1.29 is 23.2 Å². The second-order valence-corrected chi connectivity index (χ2v) is 12.7. The minimum Gasteiger partial charge on any atom is -0.593 e. The van der Waals surface area contributed by atoms with Gasteiger partial charge >= 0.3 is 5.97 Å². The number of thiazole rings is 1. The van der Waals surface area contributed by atoms with Gasteiger partial charge < -0.3 is 9.66 Å². The average molecular weight is 607 g/mol. The summed E-state index contributed by atoms with van der Waals surface area (Å²) >= 11 is -0.789. The van der Waals surface area contributed by atoms with Crippen molar-refractivity contribution >= 4 is 28.7 Å². The molecule has 2 heterocycles. The molecule has 0 aliphatic heterocycles. The van der Waals surface area contributed by atoms with Crippen LogP contribution in [0, 0.1) is 35.3 Å². The van der Waals surface area contributed by atoms with E-state index in [0.29, 0.717) is 34.3 Å². The van der Waals surface area contributed by atoms with E-state index < -0.39 is 29.0 Å². The van der Waals surface area contributed by atoms with Crippen LogP contribution in [0.15, 0.2) is 46.7 Å². The van der Waals surface area contributed by atoms with Crippen LogP contribution in [-0.4, -0.2) is 30.4 Å². The van der Waals surface area contributed by atoms with Gasteiger partial charge in [0, 0.05) is 28.8 Å². The van der Waals surface area contributed by atoms with E-state index in [1.165, 1.54) is 34.9 Å². The summed E-state index contributed by atoms with van der Waals surface area (Å²) < 4.78 is 43.1. The number of benzene rings is 2. The number of carboxylic acids is 1. The molecule has 0 spiro atoms. The number of aromatic nitrogens is 3. The molecular formula is C31H28F2N4O3S2. The molecule has 42 heavy (non-hydrogen) atoms. The number of halogens is 2. The fourth-order valence-electron chi connectivity index (χ4n) is 5.37. The number of hydrogen-bond donors (Lipinski definition) is 2. The molecule has 0 bridgehead atoms. The van der Waals surface area contributed by atoms with Gasteiger partial charge in [0.15, 0.2) is 11.5 Å². The van der Waals surface area contributed by atoms with Crippen molar-refractivity contribution in [3.63, 3.8) is 0 Å². The number of carboxylic acid groups (broad SMARTS) is 1. The number of carbonyl (C=O) groups is 1. The lowest BCUT2D eigenvalue weighted by atomic mass is 9.96. The lowest BCUT2D eigenvalue weighted by molar-refractivity contribution is 0.0691. The number of aromatic carboxylic acids is 1. The molecule has 2 aliphatic rings. The van der Waals surface area contributed by atoms with Crippen molar-refractivity contribution in [1.82, 2.24) is 14.8 Å². The lowest BCUT2D eigenvalue weighted by Crippen LogP contribution is -2.14. The molecule has 2 aromatic heterocycles. The Kier molecular flexibility index (Phi) is 8.14. The predicted octanol–water partition coefficient (Wildman–Crippen LogP) is 6.04.